The van der Waals surface area contributed by atoms with Crippen molar-refractivity contribution in [1.29, 1.82) is 0 Å². The van der Waals surface area contributed by atoms with Crippen LogP contribution in [0.3, 0.4) is 0 Å². The van der Waals surface area contributed by atoms with Gasteiger partial charge in [-0.25, -0.2) is 0 Å². The van der Waals surface area contributed by atoms with Crippen molar-refractivity contribution >= 4 is 0 Å². The van der Waals surface area contributed by atoms with E-state index in [0.717, 1.165) is 5.92 Å². The van der Waals surface area contributed by atoms with E-state index in [-0.39, 0.29) is 0 Å². The lowest BCUT2D eigenvalue weighted by Gasteiger charge is -2.58. The van der Waals surface area contributed by atoms with E-state index in [1.54, 1.807) is 0 Å². The van der Waals surface area contributed by atoms with Crippen LogP contribution in [-0.2, 0) is 0 Å². The number of rotatable bonds is 1. The normalized spacial score (nSPS) is 47.3. The third kappa shape index (κ3) is 1.44. The molecule has 2 fully saturated rings. The lowest BCUT2D eigenvalue weighted by Crippen LogP contribution is -2.46. The van der Waals surface area contributed by atoms with Gasteiger partial charge in [0.2, 0.25) is 0 Å². The van der Waals surface area contributed by atoms with E-state index in [1.807, 2.05) is 7.05 Å². The van der Waals surface area contributed by atoms with Crippen molar-refractivity contribution in [2.75, 3.05) is 7.05 Å². The second-order valence-electron chi connectivity index (χ2n) is 7.66. The number of allylic oxidation sites excluding steroid dienone is 2. The van der Waals surface area contributed by atoms with Crippen molar-refractivity contribution in [3.8, 4) is 0 Å². The van der Waals surface area contributed by atoms with Gasteiger partial charge < -0.3 is 5.32 Å². The summed E-state index contributed by atoms with van der Waals surface area (Å²) in [6, 6.07) is 0. The molecule has 0 aliphatic heterocycles. The first kappa shape index (κ1) is 11.6. The number of nitrogens with zero attached hydrogens (tertiary/aromatic N) is 1. The van der Waals surface area contributed by atoms with E-state index in [0.29, 0.717) is 16.2 Å². The molecule has 0 aromatic carbocycles. The van der Waals surface area contributed by atoms with Gasteiger partial charge in [-0.05, 0) is 54.3 Å². The van der Waals surface area contributed by atoms with Crippen LogP contribution in [0.15, 0.2) is 11.8 Å². The molecule has 0 aromatic heterocycles. The molecule has 2 bridgehead atoms. The van der Waals surface area contributed by atoms with Gasteiger partial charge in [0.15, 0.2) is 0 Å². The summed E-state index contributed by atoms with van der Waals surface area (Å²) in [6.45, 7) is 7.37. The zero-order valence-corrected chi connectivity index (χ0v) is 11.8. The van der Waals surface area contributed by atoms with Crippen molar-refractivity contribution < 1.29 is 0 Å². The van der Waals surface area contributed by atoms with Gasteiger partial charge in [-0.1, -0.05) is 33.3 Å². The maximum atomic E-state index is 4.67. The first-order valence-electron chi connectivity index (χ1n) is 7.25. The molecule has 3 rings (SSSR count). The molecular weight excluding hydrogens is 206 g/mol. The van der Waals surface area contributed by atoms with Crippen LogP contribution in [0.2, 0.25) is 0 Å². The van der Waals surface area contributed by atoms with Crippen LogP contribution in [0.4, 0.5) is 0 Å². The van der Waals surface area contributed by atoms with E-state index in [9.17, 15) is 0 Å². The van der Waals surface area contributed by atoms with Gasteiger partial charge in [-0.2, -0.15) is 5.70 Å². The number of hydrogen-bond donors (Lipinski definition) is 0. The maximum absolute atomic E-state index is 4.67. The lowest BCUT2D eigenvalue weighted by molar-refractivity contribution is -0.0317. The summed E-state index contributed by atoms with van der Waals surface area (Å²) in [5.74, 6) is 0.849. The van der Waals surface area contributed by atoms with Crippen molar-refractivity contribution in [1.82, 2.24) is 0 Å². The Morgan fingerprint density at radius 3 is 2.65 bits per heavy atom. The Labute approximate surface area is 106 Å². The third-order valence-electron chi connectivity index (χ3n) is 6.01. The highest BCUT2D eigenvalue weighted by molar-refractivity contribution is 5.37. The summed E-state index contributed by atoms with van der Waals surface area (Å²) < 4.78 is 0. The molecule has 3 aliphatic carbocycles. The molecule has 3 aliphatic rings. The minimum Gasteiger partial charge on any atom is -0.690 e. The average molecular weight is 232 g/mol. The lowest BCUT2D eigenvalue weighted by atomic mass is 9.49. The van der Waals surface area contributed by atoms with Gasteiger partial charge >= 0.3 is 0 Å². The van der Waals surface area contributed by atoms with E-state index in [2.05, 4.69) is 32.2 Å². The number of fused-ring (bicyclic) bond motifs is 1. The zero-order valence-electron chi connectivity index (χ0n) is 11.8. The van der Waals surface area contributed by atoms with Crippen LogP contribution in [-0.4, -0.2) is 7.05 Å². The molecule has 0 heterocycles. The molecule has 0 saturated heterocycles. The van der Waals surface area contributed by atoms with E-state index < -0.39 is 0 Å². The maximum Gasteiger partial charge on any atom is -0.0150 e. The molecule has 2 saturated carbocycles. The fourth-order valence-corrected chi connectivity index (χ4v) is 5.41. The Hall–Kier alpha value is -0.460. The highest BCUT2D eigenvalue weighted by Crippen LogP contribution is 2.69. The standard InChI is InChI=1S/C16H26N/c1-14(2)10-13(17-4)16-8-5-7-15(3,11-16)9-6-12(14)16/h10,12H,5-9,11H2,1-4H3/q-1/t12-,15+,16-/m0/s1. The SMILES string of the molecule is C[N-]C1=CC(C)(C)[C@@H]2CC[C@@]3(C)CCC[C@@]12C3. The van der Waals surface area contributed by atoms with Gasteiger partial charge in [0.1, 0.15) is 0 Å². The summed E-state index contributed by atoms with van der Waals surface area (Å²) in [6.07, 6.45) is 11.0. The van der Waals surface area contributed by atoms with Crippen LogP contribution in [0.5, 0.6) is 0 Å². The Balaban J connectivity index is 2.05. The topological polar surface area (TPSA) is 14.1 Å². The van der Waals surface area contributed by atoms with Gasteiger partial charge in [0.05, 0.1) is 0 Å². The molecule has 1 heteroatoms. The van der Waals surface area contributed by atoms with Gasteiger partial charge in [0, 0.05) is 0 Å². The number of hydrogen-bond acceptors (Lipinski definition) is 0. The minimum absolute atomic E-state index is 0.369. The highest BCUT2D eigenvalue weighted by Gasteiger charge is 2.56. The van der Waals surface area contributed by atoms with Crippen molar-refractivity contribution in [3.05, 3.63) is 17.1 Å². The van der Waals surface area contributed by atoms with Crippen LogP contribution >= 0.6 is 0 Å². The summed E-state index contributed by atoms with van der Waals surface area (Å²) in [5.41, 5.74) is 2.87. The summed E-state index contributed by atoms with van der Waals surface area (Å²) in [7, 11) is 2.00. The largest absolute Gasteiger partial charge is 0.690 e. The van der Waals surface area contributed by atoms with Gasteiger partial charge in [-0.3, -0.25) is 0 Å². The Bertz CT molecular complexity index is 368. The minimum atomic E-state index is 0.369. The van der Waals surface area contributed by atoms with Crippen LogP contribution in [0.1, 0.15) is 59.3 Å². The van der Waals surface area contributed by atoms with E-state index in [4.69, 9.17) is 0 Å². The summed E-state index contributed by atoms with van der Waals surface area (Å²) >= 11 is 0. The van der Waals surface area contributed by atoms with E-state index in [1.165, 1.54) is 44.2 Å². The predicted molar refractivity (Wildman–Crippen MR) is 72.9 cm³/mol. The van der Waals surface area contributed by atoms with Crippen molar-refractivity contribution in [2.24, 2.45) is 22.2 Å². The van der Waals surface area contributed by atoms with Crippen LogP contribution in [0, 0.1) is 22.2 Å². The Morgan fingerprint density at radius 2 is 1.94 bits per heavy atom. The monoisotopic (exact) mass is 232 g/mol. The molecule has 1 nitrogen and oxygen atoms in total. The van der Waals surface area contributed by atoms with Crippen molar-refractivity contribution in [2.45, 2.75) is 59.3 Å². The third-order valence-corrected chi connectivity index (χ3v) is 6.01. The van der Waals surface area contributed by atoms with Crippen LogP contribution in [0.25, 0.3) is 5.32 Å². The highest BCUT2D eigenvalue weighted by atomic mass is 14.9. The van der Waals surface area contributed by atoms with Crippen LogP contribution < -0.4 is 0 Å². The second-order valence-corrected chi connectivity index (χ2v) is 7.66. The quantitative estimate of drug-likeness (QED) is 0.611. The molecule has 96 valence electrons. The molecule has 1 spiro atoms. The molecule has 17 heavy (non-hydrogen) atoms. The molecule has 3 atom stereocenters. The Morgan fingerprint density at radius 1 is 1.18 bits per heavy atom. The van der Waals surface area contributed by atoms with E-state index >= 15 is 0 Å². The molecule has 0 unspecified atom stereocenters. The summed E-state index contributed by atoms with van der Waals surface area (Å²) in [4.78, 5) is 0. The Kier molecular flexibility index (Phi) is 2.26. The first-order valence-corrected chi connectivity index (χ1v) is 7.25. The smallest absolute Gasteiger partial charge is 0.0150 e. The first-order chi connectivity index (χ1) is 7.92. The van der Waals surface area contributed by atoms with Gasteiger partial charge in [0.25, 0.3) is 0 Å². The predicted octanol–water partition coefficient (Wildman–Crippen LogP) is 4.89. The average Bonchev–Trinajstić information content (AvgIpc) is 2.44. The molecule has 0 N–H and O–H groups in total. The molecule has 0 amide bonds. The van der Waals surface area contributed by atoms with Gasteiger partial charge in [-0.15, -0.1) is 7.05 Å². The summed E-state index contributed by atoms with van der Waals surface area (Å²) in [5, 5.41) is 4.67. The molecular formula is C16H26N-. The molecule has 0 radical (unpaired) electrons. The van der Waals surface area contributed by atoms with Crippen molar-refractivity contribution in [3.63, 3.8) is 0 Å². The zero-order chi connectivity index (χ0) is 12.3. The molecule has 0 aromatic rings. The fourth-order valence-electron chi connectivity index (χ4n) is 5.41. The fraction of sp³-hybridized carbons (Fsp3) is 0.875. The second kappa shape index (κ2) is 3.30.